The monoisotopic (exact) mass is 278 g/mol. The first kappa shape index (κ1) is 13.5. The predicted octanol–water partition coefficient (Wildman–Crippen LogP) is 1.96. The van der Waals surface area contributed by atoms with E-state index in [9.17, 15) is 4.79 Å². The average Bonchev–Trinajstić information content (AvgIpc) is 2.81. The van der Waals surface area contributed by atoms with Crippen molar-refractivity contribution in [3.05, 3.63) is 46.5 Å². The molecule has 0 aliphatic carbocycles. The highest BCUT2D eigenvalue weighted by molar-refractivity contribution is 6.31. The van der Waals surface area contributed by atoms with Crippen molar-refractivity contribution >= 4 is 17.5 Å². The first-order valence-electron chi connectivity index (χ1n) is 6.00. The normalized spacial score (nSPS) is 10.5. The van der Waals surface area contributed by atoms with Crippen LogP contribution in [-0.4, -0.2) is 20.7 Å². The van der Waals surface area contributed by atoms with E-state index in [2.05, 4.69) is 15.4 Å². The van der Waals surface area contributed by atoms with Crippen LogP contribution in [0.1, 0.15) is 28.5 Å². The van der Waals surface area contributed by atoms with Gasteiger partial charge in [-0.15, -0.1) is 0 Å². The van der Waals surface area contributed by atoms with Gasteiger partial charge in [-0.2, -0.15) is 5.10 Å². The SMILES string of the molecule is CCc1cnc(C(=O)NCc2cnn(C)c2)cc1Cl. The van der Waals surface area contributed by atoms with Crippen molar-refractivity contribution < 1.29 is 4.79 Å². The van der Waals surface area contributed by atoms with Crippen molar-refractivity contribution in [1.29, 1.82) is 0 Å². The second kappa shape index (κ2) is 5.84. The maximum atomic E-state index is 11.9. The van der Waals surface area contributed by atoms with E-state index >= 15 is 0 Å². The zero-order valence-corrected chi connectivity index (χ0v) is 11.6. The highest BCUT2D eigenvalue weighted by atomic mass is 35.5. The molecule has 6 heteroatoms. The Labute approximate surface area is 116 Å². The molecule has 1 N–H and O–H groups in total. The summed E-state index contributed by atoms with van der Waals surface area (Å²) < 4.78 is 1.69. The molecule has 0 aromatic carbocycles. The van der Waals surface area contributed by atoms with Gasteiger partial charge in [0.05, 0.1) is 6.20 Å². The molecule has 100 valence electrons. The van der Waals surface area contributed by atoms with Crippen LogP contribution in [0.3, 0.4) is 0 Å². The maximum absolute atomic E-state index is 11.9. The van der Waals surface area contributed by atoms with Gasteiger partial charge in [-0.05, 0) is 18.1 Å². The van der Waals surface area contributed by atoms with Crippen molar-refractivity contribution in [3.8, 4) is 0 Å². The fourth-order valence-electron chi connectivity index (χ4n) is 1.68. The second-order valence-electron chi connectivity index (χ2n) is 4.22. The number of aromatic nitrogens is 3. The zero-order chi connectivity index (χ0) is 13.8. The number of hydrogen-bond acceptors (Lipinski definition) is 3. The van der Waals surface area contributed by atoms with Gasteiger partial charge in [0.25, 0.3) is 5.91 Å². The number of nitrogens with one attached hydrogen (secondary N) is 1. The summed E-state index contributed by atoms with van der Waals surface area (Å²) in [5.41, 5.74) is 2.20. The quantitative estimate of drug-likeness (QED) is 0.930. The Morgan fingerprint density at radius 2 is 2.26 bits per heavy atom. The molecule has 0 radical (unpaired) electrons. The lowest BCUT2D eigenvalue weighted by Gasteiger charge is -2.05. The van der Waals surface area contributed by atoms with E-state index in [0.717, 1.165) is 17.5 Å². The minimum Gasteiger partial charge on any atom is -0.347 e. The molecule has 2 rings (SSSR count). The molecule has 0 fully saturated rings. The molecule has 0 aliphatic heterocycles. The van der Waals surface area contributed by atoms with E-state index in [4.69, 9.17) is 11.6 Å². The summed E-state index contributed by atoms with van der Waals surface area (Å²) in [6, 6.07) is 1.60. The number of aryl methyl sites for hydroxylation is 2. The molecule has 5 nitrogen and oxygen atoms in total. The Balaban J connectivity index is 2.01. The van der Waals surface area contributed by atoms with Crippen molar-refractivity contribution in [2.24, 2.45) is 7.05 Å². The molecular formula is C13H15ClN4O. The van der Waals surface area contributed by atoms with Crippen molar-refractivity contribution in [2.45, 2.75) is 19.9 Å². The summed E-state index contributed by atoms with van der Waals surface area (Å²) in [5.74, 6) is -0.242. The van der Waals surface area contributed by atoms with Gasteiger partial charge in [0, 0.05) is 36.6 Å². The third kappa shape index (κ3) is 3.32. The maximum Gasteiger partial charge on any atom is 0.270 e. The molecule has 0 saturated heterocycles. The van der Waals surface area contributed by atoms with Crippen molar-refractivity contribution in [2.75, 3.05) is 0 Å². The standard InChI is InChI=1S/C13H15ClN4O/c1-3-10-7-15-12(4-11(10)14)13(19)16-5-9-6-17-18(2)8-9/h4,6-8H,3,5H2,1-2H3,(H,16,19). The molecule has 2 aromatic rings. The summed E-state index contributed by atoms with van der Waals surface area (Å²) in [5, 5.41) is 7.39. The fourth-order valence-corrected chi connectivity index (χ4v) is 1.97. The van der Waals surface area contributed by atoms with Crippen LogP contribution in [0.15, 0.2) is 24.7 Å². The van der Waals surface area contributed by atoms with E-state index in [1.807, 2.05) is 20.2 Å². The Hall–Kier alpha value is -1.88. The van der Waals surface area contributed by atoms with Crippen molar-refractivity contribution in [3.63, 3.8) is 0 Å². The number of rotatable bonds is 4. The second-order valence-corrected chi connectivity index (χ2v) is 4.63. The van der Waals surface area contributed by atoms with Crippen LogP contribution in [0, 0.1) is 0 Å². The van der Waals surface area contributed by atoms with Gasteiger partial charge in [0.15, 0.2) is 0 Å². The van der Waals surface area contributed by atoms with Crippen LogP contribution < -0.4 is 5.32 Å². The lowest BCUT2D eigenvalue weighted by molar-refractivity contribution is 0.0946. The number of nitrogens with zero attached hydrogens (tertiary/aromatic N) is 3. The van der Waals surface area contributed by atoms with Gasteiger partial charge >= 0.3 is 0 Å². The average molecular weight is 279 g/mol. The first-order chi connectivity index (χ1) is 9.10. The molecule has 0 bridgehead atoms. The Morgan fingerprint density at radius 1 is 1.47 bits per heavy atom. The third-order valence-electron chi connectivity index (χ3n) is 2.75. The van der Waals surface area contributed by atoms with E-state index < -0.39 is 0 Å². The minimum absolute atomic E-state index is 0.242. The number of amides is 1. The van der Waals surface area contributed by atoms with Crippen LogP contribution in [0.25, 0.3) is 0 Å². The van der Waals surface area contributed by atoms with E-state index in [1.165, 1.54) is 0 Å². The van der Waals surface area contributed by atoms with Crippen LogP contribution in [0.2, 0.25) is 5.02 Å². The van der Waals surface area contributed by atoms with Gasteiger partial charge < -0.3 is 5.32 Å². The lowest BCUT2D eigenvalue weighted by atomic mass is 10.2. The van der Waals surface area contributed by atoms with Gasteiger partial charge in [0.2, 0.25) is 0 Å². The number of halogens is 1. The van der Waals surface area contributed by atoms with Crippen LogP contribution in [0.4, 0.5) is 0 Å². The van der Waals surface area contributed by atoms with E-state index in [0.29, 0.717) is 17.3 Å². The van der Waals surface area contributed by atoms with Gasteiger partial charge in [-0.3, -0.25) is 14.5 Å². The number of pyridine rings is 1. The zero-order valence-electron chi connectivity index (χ0n) is 10.9. The van der Waals surface area contributed by atoms with E-state index in [1.54, 1.807) is 23.1 Å². The first-order valence-corrected chi connectivity index (χ1v) is 6.38. The summed E-state index contributed by atoms with van der Waals surface area (Å²) >= 11 is 6.06. The summed E-state index contributed by atoms with van der Waals surface area (Å²) in [6.07, 6.45) is 5.99. The number of carbonyl (C=O) groups is 1. The molecule has 0 spiro atoms. The summed E-state index contributed by atoms with van der Waals surface area (Å²) in [4.78, 5) is 16.0. The fraction of sp³-hybridized carbons (Fsp3) is 0.308. The predicted molar refractivity (Wildman–Crippen MR) is 73.0 cm³/mol. The largest absolute Gasteiger partial charge is 0.347 e. The molecule has 0 atom stereocenters. The van der Waals surface area contributed by atoms with Crippen LogP contribution in [0.5, 0.6) is 0 Å². The molecule has 2 heterocycles. The highest BCUT2D eigenvalue weighted by Crippen LogP contribution is 2.16. The lowest BCUT2D eigenvalue weighted by Crippen LogP contribution is -2.23. The number of hydrogen-bond donors (Lipinski definition) is 1. The Morgan fingerprint density at radius 3 is 2.84 bits per heavy atom. The number of carbonyl (C=O) groups excluding carboxylic acids is 1. The van der Waals surface area contributed by atoms with Gasteiger partial charge in [-0.25, -0.2) is 0 Å². The molecule has 0 saturated carbocycles. The highest BCUT2D eigenvalue weighted by Gasteiger charge is 2.09. The van der Waals surface area contributed by atoms with E-state index in [-0.39, 0.29) is 5.91 Å². The van der Waals surface area contributed by atoms with Crippen LogP contribution in [-0.2, 0) is 20.0 Å². The Kier molecular flexibility index (Phi) is 4.16. The van der Waals surface area contributed by atoms with Gasteiger partial charge in [0.1, 0.15) is 5.69 Å². The molecule has 2 aromatic heterocycles. The molecular weight excluding hydrogens is 264 g/mol. The molecule has 0 unspecified atom stereocenters. The summed E-state index contributed by atoms with van der Waals surface area (Å²) in [6.45, 7) is 2.41. The Bertz CT molecular complexity index is 594. The topological polar surface area (TPSA) is 59.8 Å². The van der Waals surface area contributed by atoms with Crippen molar-refractivity contribution in [1.82, 2.24) is 20.1 Å². The molecule has 1 amide bonds. The minimum atomic E-state index is -0.242. The summed E-state index contributed by atoms with van der Waals surface area (Å²) in [7, 11) is 1.83. The van der Waals surface area contributed by atoms with Gasteiger partial charge in [-0.1, -0.05) is 18.5 Å². The molecule has 0 aliphatic rings. The third-order valence-corrected chi connectivity index (χ3v) is 3.11. The smallest absolute Gasteiger partial charge is 0.270 e. The molecule has 19 heavy (non-hydrogen) atoms. The van der Waals surface area contributed by atoms with Crippen LogP contribution >= 0.6 is 11.6 Å².